The maximum absolute atomic E-state index is 12.8. The molecule has 1 aromatic carbocycles. The molecule has 4 rings (SSSR count). The first-order chi connectivity index (χ1) is 9.45. The Balaban J connectivity index is 1.83. The number of allylic oxidation sites excluding steroid dienone is 2. The van der Waals surface area contributed by atoms with Crippen LogP contribution in [0.1, 0.15) is 23.5 Å². The fourth-order valence-electron chi connectivity index (χ4n) is 3.76. The van der Waals surface area contributed by atoms with Crippen molar-refractivity contribution in [1.82, 2.24) is 0 Å². The minimum Gasteiger partial charge on any atom is -0.305 e. The highest BCUT2D eigenvalue weighted by atomic mass is 32.2. The number of anilines is 1. The molecule has 2 nitrogen and oxygen atoms in total. The topological polar surface area (TPSA) is 29.1 Å². The first kappa shape index (κ1) is 12.4. The second-order valence-electron chi connectivity index (χ2n) is 5.64. The maximum Gasteiger partial charge on any atom is 0.416 e. The van der Waals surface area contributed by atoms with Gasteiger partial charge in [-0.25, -0.2) is 4.21 Å². The molecule has 1 fully saturated rings. The van der Waals surface area contributed by atoms with Gasteiger partial charge >= 0.3 is 6.18 Å². The third-order valence-electron chi connectivity index (χ3n) is 4.58. The van der Waals surface area contributed by atoms with Crippen LogP contribution in [0.15, 0.2) is 30.4 Å². The van der Waals surface area contributed by atoms with Gasteiger partial charge in [0.2, 0.25) is 0 Å². The van der Waals surface area contributed by atoms with Gasteiger partial charge in [0.05, 0.1) is 16.5 Å². The van der Waals surface area contributed by atoms with E-state index in [2.05, 4.69) is 16.9 Å². The molecule has 0 radical (unpaired) electrons. The lowest BCUT2D eigenvalue weighted by molar-refractivity contribution is -0.137. The van der Waals surface area contributed by atoms with Crippen LogP contribution in [-0.2, 0) is 17.2 Å². The van der Waals surface area contributed by atoms with E-state index < -0.39 is 22.7 Å². The Morgan fingerprint density at radius 2 is 1.95 bits per heavy atom. The molecular weight excluding hydrogens is 287 g/mol. The summed E-state index contributed by atoms with van der Waals surface area (Å²) in [7, 11) is -1.31. The van der Waals surface area contributed by atoms with Gasteiger partial charge in [0, 0.05) is 5.92 Å². The van der Waals surface area contributed by atoms with Crippen molar-refractivity contribution in [3.05, 3.63) is 41.5 Å². The number of benzene rings is 1. The van der Waals surface area contributed by atoms with Gasteiger partial charge in [-0.1, -0.05) is 18.2 Å². The molecule has 20 heavy (non-hydrogen) atoms. The lowest BCUT2D eigenvalue weighted by Gasteiger charge is -2.34. The van der Waals surface area contributed by atoms with Crippen molar-refractivity contribution in [1.29, 1.82) is 0 Å². The van der Waals surface area contributed by atoms with Gasteiger partial charge in [-0.2, -0.15) is 13.2 Å². The average Bonchev–Trinajstić information content (AvgIpc) is 2.98. The number of halogens is 3. The van der Waals surface area contributed by atoms with Crippen molar-refractivity contribution >= 4 is 16.7 Å². The SMILES string of the molecule is O=S1Nc2cc(C(F)(F)F)ccc2C2C3C=CC(C3)C21. The van der Waals surface area contributed by atoms with Gasteiger partial charge in [-0.05, 0) is 36.0 Å². The maximum atomic E-state index is 12.8. The summed E-state index contributed by atoms with van der Waals surface area (Å²) in [5.74, 6) is 0.685. The summed E-state index contributed by atoms with van der Waals surface area (Å²) >= 11 is 0. The van der Waals surface area contributed by atoms with Gasteiger partial charge in [0.1, 0.15) is 11.0 Å². The molecular formula is C14H12F3NOS. The molecule has 5 unspecified atom stereocenters. The van der Waals surface area contributed by atoms with E-state index in [9.17, 15) is 17.4 Å². The zero-order valence-corrected chi connectivity index (χ0v) is 11.2. The van der Waals surface area contributed by atoms with Crippen LogP contribution >= 0.6 is 0 Å². The summed E-state index contributed by atoms with van der Waals surface area (Å²) in [4.78, 5) is 0. The first-order valence-corrected chi connectivity index (χ1v) is 7.73. The second-order valence-corrected chi connectivity index (χ2v) is 6.98. The fourth-order valence-corrected chi connectivity index (χ4v) is 5.43. The largest absolute Gasteiger partial charge is 0.416 e. The van der Waals surface area contributed by atoms with Crippen LogP contribution in [-0.4, -0.2) is 9.46 Å². The second kappa shape index (κ2) is 3.87. The van der Waals surface area contributed by atoms with E-state index in [4.69, 9.17) is 0 Å². The minimum absolute atomic E-state index is 0.00534. The lowest BCUT2D eigenvalue weighted by atomic mass is 9.85. The quantitative estimate of drug-likeness (QED) is 0.730. The van der Waals surface area contributed by atoms with E-state index >= 15 is 0 Å². The Morgan fingerprint density at radius 1 is 1.20 bits per heavy atom. The number of hydrogen-bond acceptors (Lipinski definition) is 1. The first-order valence-electron chi connectivity index (χ1n) is 6.52. The molecule has 5 atom stereocenters. The van der Waals surface area contributed by atoms with Crippen LogP contribution in [0.25, 0.3) is 0 Å². The monoisotopic (exact) mass is 299 g/mol. The van der Waals surface area contributed by atoms with Gasteiger partial charge in [-0.15, -0.1) is 0 Å². The predicted octanol–water partition coefficient (Wildman–Crippen LogP) is 3.45. The van der Waals surface area contributed by atoms with Crippen LogP contribution in [0.4, 0.5) is 18.9 Å². The van der Waals surface area contributed by atoms with E-state index in [-0.39, 0.29) is 17.1 Å². The Hall–Kier alpha value is -1.30. The number of hydrogen-bond donors (Lipinski definition) is 1. The molecule has 1 aliphatic heterocycles. The Morgan fingerprint density at radius 3 is 2.70 bits per heavy atom. The van der Waals surface area contributed by atoms with Gasteiger partial charge in [0.15, 0.2) is 0 Å². The Kier molecular flexibility index (Phi) is 2.41. The molecule has 2 bridgehead atoms. The molecule has 6 heteroatoms. The van der Waals surface area contributed by atoms with E-state index in [1.807, 2.05) is 0 Å². The zero-order valence-electron chi connectivity index (χ0n) is 10.4. The smallest absolute Gasteiger partial charge is 0.305 e. The highest BCUT2D eigenvalue weighted by Crippen LogP contribution is 2.55. The molecule has 2 aliphatic carbocycles. The van der Waals surface area contributed by atoms with Crippen LogP contribution < -0.4 is 4.72 Å². The summed E-state index contributed by atoms with van der Waals surface area (Å²) < 4.78 is 53.3. The zero-order chi connectivity index (χ0) is 14.1. The molecule has 1 heterocycles. The summed E-state index contributed by atoms with van der Waals surface area (Å²) in [5.41, 5.74) is 0.553. The van der Waals surface area contributed by atoms with Crippen molar-refractivity contribution in [2.45, 2.75) is 23.8 Å². The number of nitrogens with one attached hydrogen (secondary N) is 1. The van der Waals surface area contributed by atoms with Crippen molar-refractivity contribution < 1.29 is 17.4 Å². The molecule has 3 aliphatic rings. The van der Waals surface area contributed by atoms with Crippen LogP contribution in [0, 0.1) is 11.8 Å². The van der Waals surface area contributed by atoms with Gasteiger partial charge in [0.25, 0.3) is 0 Å². The van der Waals surface area contributed by atoms with Crippen LogP contribution in [0.3, 0.4) is 0 Å². The molecule has 1 saturated carbocycles. The predicted molar refractivity (Wildman–Crippen MR) is 70.5 cm³/mol. The number of fused-ring (bicyclic) bond motifs is 7. The van der Waals surface area contributed by atoms with Crippen molar-refractivity contribution in [2.75, 3.05) is 4.72 Å². The average molecular weight is 299 g/mol. The summed E-state index contributed by atoms with van der Waals surface area (Å²) in [6.45, 7) is 0. The van der Waals surface area contributed by atoms with Gasteiger partial charge < -0.3 is 4.72 Å². The molecule has 0 amide bonds. The normalized spacial score (nSPS) is 37.5. The highest BCUT2D eigenvalue weighted by molar-refractivity contribution is 7.87. The highest BCUT2D eigenvalue weighted by Gasteiger charge is 2.51. The summed E-state index contributed by atoms with van der Waals surface area (Å²) in [6, 6.07) is 3.76. The Labute approximate surface area is 116 Å². The third-order valence-corrected chi connectivity index (χ3v) is 6.14. The van der Waals surface area contributed by atoms with E-state index in [0.717, 1.165) is 24.1 Å². The minimum atomic E-state index is -4.37. The molecule has 1 aromatic rings. The van der Waals surface area contributed by atoms with Crippen molar-refractivity contribution in [3.8, 4) is 0 Å². The lowest BCUT2D eigenvalue weighted by Crippen LogP contribution is -2.36. The van der Waals surface area contributed by atoms with Gasteiger partial charge in [-0.3, -0.25) is 0 Å². The van der Waals surface area contributed by atoms with Crippen molar-refractivity contribution in [2.24, 2.45) is 11.8 Å². The summed E-state index contributed by atoms with van der Waals surface area (Å²) in [6.07, 6.45) is 0.809. The number of alkyl halides is 3. The fraction of sp³-hybridized carbons (Fsp3) is 0.429. The molecule has 0 spiro atoms. The molecule has 1 N–H and O–H groups in total. The van der Waals surface area contributed by atoms with E-state index in [1.165, 1.54) is 0 Å². The standard InChI is InChI=1S/C14H12F3NOS/c15-14(16,17)9-3-4-10-11(6-9)18-20(19)13-8-2-1-7(5-8)12(10)13/h1-4,6-8,12-13,18H,5H2. The van der Waals surface area contributed by atoms with Crippen LogP contribution in [0.2, 0.25) is 0 Å². The number of rotatable bonds is 0. The van der Waals surface area contributed by atoms with E-state index in [0.29, 0.717) is 11.6 Å². The molecule has 106 valence electrons. The van der Waals surface area contributed by atoms with E-state index in [1.54, 1.807) is 6.07 Å². The Bertz CT molecular complexity index is 640. The van der Waals surface area contributed by atoms with Crippen LogP contribution in [0.5, 0.6) is 0 Å². The molecule has 0 saturated heterocycles. The third kappa shape index (κ3) is 1.60. The summed E-state index contributed by atoms with van der Waals surface area (Å²) in [5, 5.41) is -0.00534. The molecule has 0 aromatic heterocycles. The van der Waals surface area contributed by atoms with Crippen molar-refractivity contribution in [3.63, 3.8) is 0 Å².